The zero-order chi connectivity index (χ0) is 14.1. The van der Waals surface area contributed by atoms with E-state index in [0.717, 1.165) is 32.0 Å². The molecule has 2 rings (SSSR count). The molecule has 2 aliphatic rings. The normalized spacial score (nSPS) is 28.8. The molecule has 19 heavy (non-hydrogen) atoms. The first-order valence-corrected chi connectivity index (χ1v) is 7.53. The lowest BCUT2D eigenvalue weighted by molar-refractivity contribution is -0.158. The number of hydrogen-bond acceptors (Lipinski definition) is 3. The van der Waals surface area contributed by atoms with Crippen LogP contribution in [0.3, 0.4) is 0 Å². The third kappa shape index (κ3) is 4.18. The number of carbonyl (C=O) groups is 1. The maximum Gasteiger partial charge on any atom is 0.255 e. The van der Waals surface area contributed by atoms with Crippen LogP contribution in [0.15, 0.2) is 0 Å². The molecule has 0 bridgehead atoms. The minimum absolute atomic E-state index is 0.0787. The van der Waals surface area contributed by atoms with Crippen LogP contribution in [0.25, 0.3) is 0 Å². The van der Waals surface area contributed by atoms with Crippen molar-refractivity contribution in [3.05, 3.63) is 0 Å². The van der Waals surface area contributed by atoms with Crippen LogP contribution in [-0.2, 0) is 4.79 Å². The van der Waals surface area contributed by atoms with E-state index < -0.39 is 5.60 Å². The van der Waals surface area contributed by atoms with Crippen molar-refractivity contribution < 1.29 is 9.90 Å². The van der Waals surface area contributed by atoms with Crippen molar-refractivity contribution in [1.29, 1.82) is 0 Å². The molecule has 0 aromatic carbocycles. The van der Waals surface area contributed by atoms with Gasteiger partial charge in [-0.3, -0.25) is 4.79 Å². The Labute approximate surface area is 116 Å². The average molecular weight is 268 g/mol. The van der Waals surface area contributed by atoms with Crippen LogP contribution < -0.4 is 5.32 Å². The lowest BCUT2D eigenvalue weighted by Gasteiger charge is -2.41. The molecule has 2 fully saturated rings. The SMILES string of the molecule is CC(C)(C)CN1CCC[C@](O)(CNCC2CC2)C1=O. The Bertz CT molecular complexity index is 334. The van der Waals surface area contributed by atoms with Crippen molar-refractivity contribution in [3.63, 3.8) is 0 Å². The first-order valence-electron chi connectivity index (χ1n) is 7.53. The summed E-state index contributed by atoms with van der Waals surface area (Å²) in [4.78, 5) is 14.3. The molecule has 1 amide bonds. The summed E-state index contributed by atoms with van der Waals surface area (Å²) >= 11 is 0. The fourth-order valence-electron chi connectivity index (χ4n) is 2.76. The Morgan fingerprint density at radius 1 is 1.42 bits per heavy atom. The Kier molecular flexibility index (Phi) is 4.21. The molecular weight excluding hydrogens is 240 g/mol. The van der Waals surface area contributed by atoms with E-state index in [0.29, 0.717) is 13.0 Å². The van der Waals surface area contributed by atoms with Crippen LogP contribution >= 0.6 is 0 Å². The van der Waals surface area contributed by atoms with Crippen LogP contribution in [-0.4, -0.2) is 47.7 Å². The maximum absolute atomic E-state index is 12.5. The molecule has 110 valence electrons. The smallest absolute Gasteiger partial charge is 0.255 e. The summed E-state index contributed by atoms with van der Waals surface area (Å²) in [5.41, 5.74) is -1.10. The molecule has 0 aromatic heterocycles. The Hall–Kier alpha value is -0.610. The van der Waals surface area contributed by atoms with Gasteiger partial charge in [0.05, 0.1) is 0 Å². The van der Waals surface area contributed by atoms with E-state index in [4.69, 9.17) is 0 Å². The number of piperidine rings is 1. The lowest BCUT2D eigenvalue weighted by Crippen LogP contribution is -2.59. The molecule has 2 N–H and O–H groups in total. The Morgan fingerprint density at radius 3 is 2.68 bits per heavy atom. The largest absolute Gasteiger partial charge is 0.379 e. The molecule has 4 nitrogen and oxygen atoms in total. The van der Waals surface area contributed by atoms with Gasteiger partial charge in [-0.2, -0.15) is 0 Å². The van der Waals surface area contributed by atoms with Crippen molar-refractivity contribution in [3.8, 4) is 0 Å². The van der Waals surface area contributed by atoms with Crippen molar-refractivity contribution in [2.75, 3.05) is 26.2 Å². The van der Waals surface area contributed by atoms with E-state index in [1.165, 1.54) is 12.8 Å². The monoisotopic (exact) mass is 268 g/mol. The molecule has 1 atom stereocenters. The highest BCUT2D eigenvalue weighted by Crippen LogP contribution is 2.29. The van der Waals surface area contributed by atoms with Crippen LogP contribution in [0.4, 0.5) is 0 Å². The van der Waals surface area contributed by atoms with Crippen LogP contribution in [0.2, 0.25) is 0 Å². The van der Waals surface area contributed by atoms with Crippen molar-refractivity contribution in [2.24, 2.45) is 11.3 Å². The zero-order valence-corrected chi connectivity index (χ0v) is 12.5. The third-order valence-electron chi connectivity index (χ3n) is 3.92. The molecule has 0 radical (unpaired) electrons. The molecule has 0 aromatic rings. The average Bonchev–Trinajstić information content (AvgIpc) is 3.07. The van der Waals surface area contributed by atoms with Gasteiger partial charge in [-0.15, -0.1) is 0 Å². The van der Waals surface area contributed by atoms with E-state index in [-0.39, 0.29) is 11.3 Å². The van der Waals surface area contributed by atoms with Gasteiger partial charge in [0, 0.05) is 19.6 Å². The number of amides is 1. The van der Waals surface area contributed by atoms with Gasteiger partial charge in [-0.1, -0.05) is 20.8 Å². The second kappa shape index (κ2) is 5.41. The number of aliphatic hydroxyl groups is 1. The van der Waals surface area contributed by atoms with Gasteiger partial charge >= 0.3 is 0 Å². The summed E-state index contributed by atoms with van der Waals surface area (Å²) in [6, 6.07) is 0. The summed E-state index contributed by atoms with van der Waals surface area (Å²) in [6.45, 7) is 9.22. The summed E-state index contributed by atoms with van der Waals surface area (Å²) in [5, 5.41) is 13.9. The molecule has 1 aliphatic heterocycles. The summed E-state index contributed by atoms with van der Waals surface area (Å²) < 4.78 is 0. The fraction of sp³-hybridized carbons (Fsp3) is 0.933. The van der Waals surface area contributed by atoms with Crippen LogP contribution in [0.5, 0.6) is 0 Å². The molecule has 0 unspecified atom stereocenters. The highest BCUT2D eigenvalue weighted by molar-refractivity contribution is 5.86. The van der Waals surface area contributed by atoms with Gasteiger partial charge in [0.1, 0.15) is 0 Å². The maximum atomic E-state index is 12.5. The second-order valence-corrected chi connectivity index (χ2v) is 7.50. The fourth-order valence-corrected chi connectivity index (χ4v) is 2.76. The Morgan fingerprint density at radius 2 is 2.11 bits per heavy atom. The lowest BCUT2D eigenvalue weighted by atomic mass is 9.88. The predicted octanol–water partition coefficient (Wildman–Crippen LogP) is 1.39. The highest BCUT2D eigenvalue weighted by atomic mass is 16.3. The van der Waals surface area contributed by atoms with Crippen LogP contribution in [0.1, 0.15) is 46.5 Å². The van der Waals surface area contributed by atoms with E-state index >= 15 is 0 Å². The van der Waals surface area contributed by atoms with Crippen molar-refractivity contribution >= 4 is 5.91 Å². The number of hydrogen-bond donors (Lipinski definition) is 2. The number of likely N-dealkylation sites (tertiary alicyclic amines) is 1. The highest BCUT2D eigenvalue weighted by Gasteiger charge is 2.42. The second-order valence-electron chi connectivity index (χ2n) is 7.50. The van der Waals surface area contributed by atoms with Gasteiger partial charge < -0.3 is 15.3 Å². The molecule has 4 heteroatoms. The summed E-state index contributed by atoms with van der Waals surface area (Å²) in [5.74, 6) is 0.685. The first kappa shape index (κ1) is 14.8. The molecular formula is C15H28N2O2. The van der Waals surface area contributed by atoms with Gasteiger partial charge in [0.25, 0.3) is 5.91 Å². The number of nitrogens with one attached hydrogen (secondary N) is 1. The summed E-state index contributed by atoms with van der Waals surface area (Å²) in [6.07, 6.45) is 4.05. The standard InChI is InChI=1S/C15H28N2O2/c1-14(2,3)11-17-8-4-7-15(19,13(17)18)10-16-9-12-5-6-12/h12,16,19H,4-11H2,1-3H3/t15-/m0/s1. The molecule has 1 aliphatic carbocycles. The number of nitrogens with zero attached hydrogens (tertiary/aromatic N) is 1. The predicted molar refractivity (Wildman–Crippen MR) is 75.8 cm³/mol. The first-order chi connectivity index (χ1) is 8.80. The zero-order valence-electron chi connectivity index (χ0n) is 12.5. The summed E-state index contributed by atoms with van der Waals surface area (Å²) in [7, 11) is 0. The van der Waals surface area contributed by atoms with E-state index in [9.17, 15) is 9.90 Å². The Balaban J connectivity index is 1.89. The molecule has 1 heterocycles. The van der Waals surface area contributed by atoms with Gasteiger partial charge in [0.15, 0.2) is 5.60 Å². The molecule has 1 saturated carbocycles. The molecule has 1 saturated heterocycles. The van der Waals surface area contributed by atoms with Crippen molar-refractivity contribution in [2.45, 2.75) is 52.1 Å². The van der Waals surface area contributed by atoms with Gasteiger partial charge in [-0.05, 0) is 43.6 Å². The van der Waals surface area contributed by atoms with E-state index in [1.54, 1.807) is 0 Å². The minimum atomic E-state index is -1.18. The minimum Gasteiger partial charge on any atom is -0.379 e. The van der Waals surface area contributed by atoms with Gasteiger partial charge in [0.2, 0.25) is 0 Å². The van der Waals surface area contributed by atoms with E-state index in [2.05, 4.69) is 26.1 Å². The third-order valence-corrected chi connectivity index (χ3v) is 3.92. The topological polar surface area (TPSA) is 52.6 Å². The molecule has 0 spiro atoms. The van der Waals surface area contributed by atoms with Crippen LogP contribution in [0, 0.1) is 11.3 Å². The van der Waals surface area contributed by atoms with Gasteiger partial charge in [-0.25, -0.2) is 0 Å². The van der Waals surface area contributed by atoms with E-state index in [1.807, 2.05) is 4.90 Å². The number of rotatable bonds is 5. The quantitative estimate of drug-likeness (QED) is 0.792. The van der Waals surface area contributed by atoms with Crippen molar-refractivity contribution in [1.82, 2.24) is 10.2 Å². The number of carbonyl (C=O) groups excluding carboxylic acids is 1.